The molecular weight excluding hydrogens is 548 g/mol. The van der Waals surface area contributed by atoms with Crippen LogP contribution in [0.3, 0.4) is 0 Å². The first kappa shape index (κ1) is 31.7. The Bertz CT molecular complexity index is 1430. The zero-order chi connectivity index (χ0) is 31.1. The molecule has 7 nitrogen and oxygen atoms in total. The third-order valence-electron chi connectivity index (χ3n) is 8.60. The van der Waals surface area contributed by atoms with Crippen molar-refractivity contribution in [2.24, 2.45) is 17.1 Å². The normalized spacial score (nSPS) is 15.8. The molecule has 1 heterocycles. The van der Waals surface area contributed by atoms with Crippen molar-refractivity contribution in [2.45, 2.75) is 72.5 Å². The van der Waals surface area contributed by atoms with Crippen LogP contribution in [-0.2, 0) is 34.0 Å². The predicted molar refractivity (Wildman–Crippen MR) is 178 cm³/mol. The van der Waals surface area contributed by atoms with Gasteiger partial charge in [-0.3, -0.25) is 9.59 Å². The lowest BCUT2D eigenvalue weighted by Gasteiger charge is -2.31. The van der Waals surface area contributed by atoms with Crippen LogP contribution in [0.25, 0.3) is 11.1 Å². The molecule has 0 radical (unpaired) electrons. The summed E-state index contributed by atoms with van der Waals surface area (Å²) in [5, 5.41) is 3.30. The Balaban J connectivity index is 1.41. The summed E-state index contributed by atoms with van der Waals surface area (Å²) in [5.74, 6) is 0.337. The summed E-state index contributed by atoms with van der Waals surface area (Å²) in [5.41, 5.74) is 13.0. The molecule has 0 atom stereocenters. The molecule has 0 bridgehead atoms. The average molecular weight is 597 g/mol. The number of hydrogen-bond donors (Lipinski definition) is 2. The third-order valence-corrected chi connectivity index (χ3v) is 8.60. The van der Waals surface area contributed by atoms with Crippen LogP contribution >= 0.6 is 0 Å². The van der Waals surface area contributed by atoms with E-state index in [-0.39, 0.29) is 23.1 Å². The smallest absolute Gasteiger partial charge is 0.227 e. The summed E-state index contributed by atoms with van der Waals surface area (Å²) in [7, 11) is 0. The van der Waals surface area contributed by atoms with Gasteiger partial charge in [-0.05, 0) is 64.3 Å². The van der Waals surface area contributed by atoms with E-state index in [2.05, 4.69) is 85.6 Å². The Labute approximate surface area is 262 Å². The lowest BCUT2D eigenvalue weighted by atomic mass is 9.91. The molecule has 2 fully saturated rings. The highest BCUT2D eigenvalue weighted by Crippen LogP contribution is 2.34. The van der Waals surface area contributed by atoms with Crippen molar-refractivity contribution in [3.63, 3.8) is 0 Å². The van der Waals surface area contributed by atoms with Gasteiger partial charge in [0.2, 0.25) is 11.8 Å². The van der Waals surface area contributed by atoms with E-state index in [4.69, 9.17) is 10.5 Å². The monoisotopic (exact) mass is 596 g/mol. The van der Waals surface area contributed by atoms with Gasteiger partial charge in [-0.15, -0.1) is 0 Å². The fourth-order valence-electron chi connectivity index (χ4n) is 6.26. The van der Waals surface area contributed by atoms with Gasteiger partial charge in [0.15, 0.2) is 0 Å². The second kappa shape index (κ2) is 14.4. The minimum Gasteiger partial charge on any atom is -0.378 e. The van der Waals surface area contributed by atoms with E-state index in [0.717, 1.165) is 78.0 Å². The molecule has 1 aliphatic heterocycles. The van der Waals surface area contributed by atoms with E-state index in [1.165, 1.54) is 0 Å². The number of nitrogens with one attached hydrogen (secondary N) is 1. The highest BCUT2D eigenvalue weighted by molar-refractivity contribution is 5.97. The number of rotatable bonds is 10. The first-order valence-corrected chi connectivity index (χ1v) is 16.1. The predicted octanol–water partition coefficient (Wildman–Crippen LogP) is 6.74. The maximum absolute atomic E-state index is 13.6. The number of carbonyl (C=O) groups excluding carboxylic acids is 2. The second-order valence-electron chi connectivity index (χ2n) is 13.5. The number of nitrogens with two attached hydrogens (primary N) is 1. The van der Waals surface area contributed by atoms with Crippen molar-refractivity contribution < 1.29 is 14.3 Å². The molecule has 5 rings (SSSR count). The zero-order valence-corrected chi connectivity index (χ0v) is 26.6. The molecule has 0 aromatic heterocycles. The zero-order valence-electron chi connectivity index (χ0n) is 26.6. The maximum atomic E-state index is 13.6. The number of amides is 2. The van der Waals surface area contributed by atoms with E-state index in [1.807, 2.05) is 17.0 Å². The molecule has 0 unspecified atom stereocenters. The summed E-state index contributed by atoms with van der Waals surface area (Å²) >= 11 is 0. The first-order chi connectivity index (χ1) is 21.2. The molecule has 1 aliphatic carbocycles. The van der Waals surface area contributed by atoms with Gasteiger partial charge in [-0.1, -0.05) is 82.1 Å². The summed E-state index contributed by atoms with van der Waals surface area (Å²) in [6.07, 6.45) is 4.63. The summed E-state index contributed by atoms with van der Waals surface area (Å²) < 4.78 is 5.59. The molecule has 234 valence electrons. The fourth-order valence-corrected chi connectivity index (χ4v) is 6.26. The van der Waals surface area contributed by atoms with Crippen molar-refractivity contribution in [1.29, 1.82) is 0 Å². The van der Waals surface area contributed by atoms with Crippen LogP contribution in [0.1, 0.15) is 69.6 Å². The molecular formula is C37H48N4O3. The number of morpholine rings is 1. The molecule has 2 amide bonds. The van der Waals surface area contributed by atoms with Gasteiger partial charge in [0.25, 0.3) is 0 Å². The number of hydrogen-bond acceptors (Lipinski definition) is 5. The number of benzene rings is 3. The van der Waals surface area contributed by atoms with Gasteiger partial charge >= 0.3 is 0 Å². The third kappa shape index (κ3) is 8.48. The lowest BCUT2D eigenvalue weighted by Crippen LogP contribution is -2.37. The van der Waals surface area contributed by atoms with E-state index >= 15 is 0 Å². The van der Waals surface area contributed by atoms with Gasteiger partial charge in [0.05, 0.1) is 24.6 Å². The van der Waals surface area contributed by atoms with Crippen LogP contribution in [0, 0.1) is 11.3 Å². The van der Waals surface area contributed by atoms with E-state index in [1.54, 1.807) is 0 Å². The van der Waals surface area contributed by atoms with Gasteiger partial charge in [-0.2, -0.15) is 0 Å². The number of carbonyl (C=O) groups is 2. The van der Waals surface area contributed by atoms with Crippen molar-refractivity contribution in [2.75, 3.05) is 36.5 Å². The molecule has 1 saturated heterocycles. The Morgan fingerprint density at radius 2 is 1.52 bits per heavy atom. The topological polar surface area (TPSA) is 87.9 Å². The molecule has 3 N–H and O–H groups in total. The van der Waals surface area contributed by atoms with Crippen molar-refractivity contribution in [1.82, 2.24) is 4.90 Å². The minimum absolute atomic E-state index is 0.0849. The Kier molecular flexibility index (Phi) is 10.4. The number of nitrogens with zero attached hydrogens (tertiary/aromatic N) is 2. The molecule has 7 heteroatoms. The standard InChI is InChI=1S/C37H48N4O3/c1-37(2,3)23-35(42)41(25-28-9-6-8-27(20-28)24-38)26-29-10-7-13-31(21-29)32-14-15-34(40-16-18-44-19-17-40)33(22-32)39-36(43)30-11-4-5-12-30/h6-10,13-15,20-22,30H,4-5,11-12,16-19,23-26,38H2,1-3H3,(H,39,43). The van der Waals surface area contributed by atoms with E-state index in [9.17, 15) is 9.59 Å². The van der Waals surface area contributed by atoms with Gasteiger partial charge < -0.3 is 25.6 Å². The number of anilines is 2. The summed E-state index contributed by atoms with van der Waals surface area (Å²) in [4.78, 5) is 31.0. The molecule has 3 aromatic carbocycles. The van der Waals surface area contributed by atoms with Crippen LogP contribution in [-0.4, -0.2) is 43.0 Å². The minimum atomic E-state index is -0.113. The quantitative estimate of drug-likeness (QED) is 0.271. The Morgan fingerprint density at radius 1 is 0.886 bits per heavy atom. The Morgan fingerprint density at radius 3 is 2.20 bits per heavy atom. The Hall–Kier alpha value is -3.68. The second-order valence-corrected chi connectivity index (χ2v) is 13.5. The van der Waals surface area contributed by atoms with Crippen LogP contribution in [0.5, 0.6) is 0 Å². The van der Waals surface area contributed by atoms with Crippen LogP contribution in [0.15, 0.2) is 66.7 Å². The highest BCUT2D eigenvalue weighted by atomic mass is 16.5. The van der Waals surface area contributed by atoms with E-state index < -0.39 is 0 Å². The highest BCUT2D eigenvalue weighted by Gasteiger charge is 2.25. The van der Waals surface area contributed by atoms with Crippen LogP contribution < -0.4 is 16.0 Å². The first-order valence-electron chi connectivity index (χ1n) is 16.1. The van der Waals surface area contributed by atoms with Crippen molar-refractivity contribution in [3.05, 3.63) is 83.4 Å². The SMILES string of the molecule is CC(C)(C)CC(=O)N(Cc1cccc(CN)c1)Cc1cccc(-c2ccc(N3CCOCC3)c(NC(=O)C3CCCC3)c2)c1. The van der Waals surface area contributed by atoms with Gasteiger partial charge in [0, 0.05) is 45.1 Å². The van der Waals surface area contributed by atoms with Crippen LogP contribution in [0.4, 0.5) is 11.4 Å². The van der Waals surface area contributed by atoms with Crippen molar-refractivity contribution in [3.8, 4) is 11.1 Å². The van der Waals surface area contributed by atoms with Crippen LogP contribution in [0.2, 0.25) is 0 Å². The summed E-state index contributed by atoms with van der Waals surface area (Å²) in [6.45, 7) is 10.8. The molecule has 1 saturated carbocycles. The van der Waals surface area contributed by atoms with E-state index in [0.29, 0.717) is 39.3 Å². The largest absolute Gasteiger partial charge is 0.378 e. The number of ether oxygens (including phenoxy) is 1. The molecule has 2 aliphatic rings. The van der Waals surface area contributed by atoms with Gasteiger partial charge in [-0.25, -0.2) is 0 Å². The maximum Gasteiger partial charge on any atom is 0.227 e. The summed E-state index contributed by atoms with van der Waals surface area (Å²) in [6, 6.07) is 22.9. The average Bonchev–Trinajstić information content (AvgIpc) is 3.56. The molecule has 0 spiro atoms. The van der Waals surface area contributed by atoms with Crippen molar-refractivity contribution >= 4 is 23.2 Å². The fraction of sp³-hybridized carbons (Fsp3) is 0.459. The van der Waals surface area contributed by atoms with Gasteiger partial charge in [0.1, 0.15) is 0 Å². The molecule has 44 heavy (non-hydrogen) atoms. The molecule has 3 aromatic rings. The lowest BCUT2D eigenvalue weighted by molar-refractivity contribution is -0.134.